The maximum atomic E-state index is 10.9. The Bertz CT molecular complexity index is 573. The van der Waals surface area contributed by atoms with Gasteiger partial charge in [0.25, 0.3) is 0 Å². The van der Waals surface area contributed by atoms with E-state index in [9.17, 15) is 4.79 Å². The van der Waals surface area contributed by atoms with E-state index in [1.165, 1.54) is 5.56 Å². The second-order valence-corrected chi connectivity index (χ2v) is 5.07. The van der Waals surface area contributed by atoms with Crippen molar-refractivity contribution < 1.29 is 4.79 Å². The maximum absolute atomic E-state index is 10.9. The molecular weight excluding hydrogens is 276 g/mol. The van der Waals surface area contributed by atoms with Gasteiger partial charge in [-0.15, -0.1) is 0 Å². The van der Waals surface area contributed by atoms with Gasteiger partial charge < -0.3 is 0 Å². The lowest BCUT2D eigenvalue weighted by atomic mass is 9.95. The third-order valence-electron chi connectivity index (χ3n) is 2.88. The molecule has 0 unspecified atom stereocenters. The van der Waals surface area contributed by atoms with E-state index in [4.69, 9.17) is 0 Å². The first-order valence-electron chi connectivity index (χ1n) is 5.44. The fourth-order valence-electron chi connectivity index (χ4n) is 1.93. The quantitative estimate of drug-likeness (QED) is 0.741. The van der Waals surface area contributed by atoms with Crippen molar-refractivity contribution in [2.24, 2.45) is 0 Å². The maximum Gasteiger partial charge on any atom is 0.150 e. The molecule has 2 aromatic carbocycles. The third kappa shape index (κ3) is 2.47. The van der Waals surface area contributed by atoms with E-state index >= 15 is 0 Å². The highest BCUT2D eigenvalue weighted by Gasteiger charge is 2.06. The van der Waals surface area contributed by atoms with E-state index in [1.807, 2.05) is 32.0 Å². The molecule has 0 radical (unpaired) electrons. The van der Waals surface area contributed by atoms with Gasteiger partial charge in [-0.25, -0.2) is 0 Å². The molecular formula is C15H13BrO. The molecule has 2 rings (SSSR count). The van der Waals surface area contributed by atoms with Crippen molar-refractivity contribution in [3.8, 4) is 11.1 Å². The molecule has 0 bridgehead atoms. The smallest absolute Gasteiger partial charge is 0.150 e. The molecule has 17 heavy (non-hydrogen) atoms. The van der Waals surface area contributed by atoms with Gasteiger partial charge in [0.1, 0.15) is 6.29 Å². The average Bonchev–Trinajstić information content (AvgIpc) is 2.31. The molecule has 0 saturated heterocycles. The number of rotatable bonds is 2. The molecule has 2 aromatic rings. The Morgan fingerprint density at radius 1 is 1.06 bits per heavy atom. The van der Waals surface area contributed by atoms with Crippen LogP contribution in [0.2, 0.25) is 0 Å². The summed E-state index contributed by atoms with van der Waals surface area (Å²) in [5.41, 5.74) is 5.24. The number of carbonyl (C=O) groups is 1. The molecule has 0 aliphatic carbocycles. The number of hydrogen-bond acceptors (Lipinski definition) is 1. The van der Waals surface area contributed by atoms with Gasteiger partial charge in [-0.2, -0.15) is 0 Å². The zero-order valence-corrected chi connectivity index (χ0v) is 11.4. The van der Waals surface area contributed by atoms with Crippen LogP contribution in [0.25, 0.3) is 11.1 Å². The van der Waals surface area contributed by atoms with Crippen LogP contribution in [0.1, 0.15) is 21.5 Å². The van der Waals surface area contributed by atoms with E-state index in [0.717, 1.165) is 33.0 Å². The molecule has 0 saturated carbocycles. The Morgan fingerprint density at radius 2 is 1.82 bits per heavy atom. The Balaban J connectivity index is 2.60. The van der Waals surface area contributed by atoms with Crippen molar-refractivity contribution >= 4 is 22.2 Å². The van der Waals surface area contributed by atoms with Gasteiger partial charge in [0.2, 0.25) is 0 Å². The Kier molecular flexibility index (Phi) is 3.43. The highest BCUT2D eigenvalue weighted by atomic mass is 79.9. The minimum Gasteiger partial charge on any atom is -0.298 e. The topological polar surface area (TPSA) is 17.1 Å². The molecule has 1 nitrogen and oxygen atoms in total. The third-order valence-corrected chi connectivity index (χ3v) is 3.37. The molecule has 0 aliphatic heterocycles. The summed E-state index contributed by atoms with van der Waals surface area (Å²) in [6.45, 7) is 3.99. The van der Waals surface area contributed by atoms with Crippen LogP contribution < -0.4 is 0 Å². The molecule has 0 fully saturated rings. The second-order valence-electron chi connectivity index (χ2n) is 4.15. The molecule has 86 valence electrons. The molecule has 0 amide bonds. The van der Waals surface area contributed by atoms with Crippen LogP contribution in [0.5, 0.6) is 0 Å². The van der Waals surface area contributed by atoms with Crippen molar-refractivity contribution in [1.82, 2.24) is 0 Å². The number of halogens is 1. The Labute approximate surface area is 110 Å². The van der Waals surface area contributed by atoms with Crippen molar-refractivity contribution in [3.05, 3.63) is 57.6 Å². The summed E-state index contributed by atoms with van der Waals surface area (Å²) in [4.78, 5) is 10.9. The lowest BCUT2D eigenvalue weighted by Crippen LogP contribution is -1.91. The number of aryl methyl sites for hydroxylation is 2. The van der Waals surface area contributed by atoms with Crippen molar-refractivity contribution in [2.75, 3.05) is 0 Å². The summed E-state index contributed by atoms with van der Waals surface area (Å²) in [6, 6.07) is 12.2. The van der Waals surface area contributed by atoms with E-state index in [-0.39, 0.29) is 0 Å². The van der Waals surface area contributed by atoms with Gasteiger partial charge in [0.15, 0.2) is 0 Å². The number of carbonyl (C=O) groups excluding carboxylic acids is 1. The van der Waals surface area contributed by atoms with Crippen LogP contribution in [-0.4, -0.2) is 6.29 Å². The van der Waals surface area contributed by atoms with Crippen LogP contribution >= 0.6 is 15.9 Å². The van der Waals surface area contributed by atoms with Crippen LogP contribution in [0, 0.1) is 13.8 Å². The number of aldehydes is 1. The average molecular weight is 289 g/mol. The van der Waals surface area contributed by atoms with E-state index in [2.05, 4.69) is 34.1 Å². The first-order valence-corrected chi connectivity index (χ1v) is 6.23. The fraction of sp³-hybridized carbons (Fsp3) is 0.133. The monoisotopic (exact) mass is 288 g/mol. The molecule has 0 heterocycles. The van der Waals surface area contributed by atoms with Crippen molar-refractivity contribution in [3.63, 3.8) is 0 Å². The highest BCUT2D eigenvalue weighted by molar-refractivity contribution is 9.10. The number of benzene rings is 2. The summed E-state index contributed by atoms with van der Waals surface area (Å²) < 4.78 is 1.06. The van der Waals surface area contributed by atoms with Crippen LogP contribution in [0.3, 0.4) is 0 Å². The van der Waals surface area contributed by atoms with Crippen LogP contribution in [0.15, 0.2) is 40.9 Å². The van der Waals surface area contributed by atoms with Gasteiger partial charge >= 0.3 is 0 Å². The van der Waals surface area contributed by atoms with Gasteiger partial charge in [-0.1, -0.05) is 34.1 Å². The minimum absolute atomic E-state index is 0.765. The Morgan fingerprint density at radius 3 is 2.47 bits per heavy atom. The highest BCUT2D eigenvalue weighted by Crippen LogP contribution is 2.28. The summed E-state index contributed by atoms with van der Waals surface area (Å²) in [5, 5.41) is 0. The molecule has 0 atom stereocenters. The normalized spacial score (nSPS) is 10.3. The zero-order valence-electron chi connectivity index (χ0n) is 9.83. The van der Waals surface area contributed by atoms with E-state index < -0.39 is 0 Å². The van der Waals surface area contributed by atoms with Crippen molar-refractivity contribution in [2.45, 2.75) is 13.8 Å². The lowest BCUT2D eigenvalue weighted by molar-refractivity contribution is 0.112. The van der Waals surface area contributed by atoms with Crippen molar-refractivity contribution in [1.29, 1.82) is 0 Å². The van der Waals surface area contributed by atoms with E-state index in [0.29, 0.717) is 0 Å². The van der Waals surface area contributed by atoms with Crippen LogP contribution in [0.4, 0.5) is 0 Å². The molecule has 0 aliphatic rings. The molecule has 0 aromatic heterocycles. The van der Waals surface area contributed by atoms with Gasteiger partial charge in [-0.05, 0) is 54.3 Å². The first kappa shape index (κ1) is 12.1. The largest absolute Gasteiger partial charge is 0.298 e. The van der Waals surface area contributed by atoms with Crippen LogP contribution in [-0.2, 0) is 0 Å². The predicted molar refractivity (Wildman–Crippen MR) is 74.4 cm³/mol. The van der Waals surface area contributed by atoms with Gasteiger partial charge in [0.05, 0.1) is 0 Å². The minimum atomic E-state index is 0.765. The summed E-state index contributed by atoms with van der Waals surface area (Å²) in [7, 11) is 0. The SMILES string of the molecule is Cc1cc(-c2cccc(Br)c2)c(C)cc1C=O. The van der Waals surface area contributed by atoms with E-state index in [1.54, 1.807) is 0 Å². The fourth-order valence-corrected chi connectivity index (χ4v) is 2.33. The predicted octanol–water partition coefficient (Wildman–Crippen LogP) is 4.55. The summed E-state index contributed by atoms with van der Waals surface area (Å²) in [6.07, 6.45) is 0.910. The second kappa shape index (κ2) is 4.84. The van der Waals surface area contributed by atoms with Gasteiger partial charge in [0, 0.05) is 10.0 Å². The summed E-state index contributed by atoms with van der Waals surface area (Å²) in [5.74, 6) is 0. The number of hydrogen-bond donors (Lipinski definition) is 0. The lowest BCUT2D eigenvalue weighted by Gasteiger charge is -2.09. The first-order chi connectivity index (χ1) is 8.11. The van der Waals surface area contributed by atoms with Gasteiger partial charge in [-0.3, -0.25) is 4.79 Å². The summed E-state index contributed by atoms with van der Waals surface area (Å²) >= 11 is 3.47. The Hall–Kier alpha value is -1.41. The molecule has 2 heteroatoms. The zero-order chi connectivity index (χ0) is 12.4. The molecule has 0 spiro atoms. The molecule has 0 N–H and O–H groups in total. The standard InChI is InChI=1S/C15H13BrO/c1-10-7-15(11(2)6-13(10)9-17)12-4-3-5-14(16)8-12/h3-9H,1-2H3.